The van der Waals surface area contributed by atoms with Gasteiger partial charge in [0.25, 0.3) is 5.69 Å². The van der Waals surface area contributed by atoms with E-state index in [1.165, 1.54) is 30.8 Å². The summed E-state index contributed by atoms with van der Waals surface area (Å²) in [5, 5.41) is 18.9. The minimum absolute atomic E-state index is 0.0131. The minimum atomic E-state index is -0.458. The van der Waals surface area contributed by atoms with Gasteiger partial charge >= 0.3 is 0 Å². The summed E-state index contributed by atoms with van der Waals surface area (Å²) in [5.41, 5.74) is 2.89. The number of carbonyl (C=O) groups excluding carboxylic acids is 1. The molecular formula is C22H15N3O3S. The lowest BCUT2D eigenvalue weighted by molar-refractivity contribution is -0.384. The second-order valence-electron chi connectivity index (χ2n) is 5.89. The van der Waals surface area contributed by atoms with Crippen molar-refractivity contribution < 1.29 is 9.72 Å². The van der Waals surface area contributed by atoms with E-state index < -0.39 is 4.92 Å². The van der Waals surface area contributed by atoms with E-state index >= 15 is 0 Å². The molecule has 0 aromatic heterocycles. The largest absolute Gasteiger partial charge is 0.287 e. The van der Waals surface area contributed by atoms with E-state index in [0.717, 1.165) is 16.0 Å². The normalized spacial score (nSPS) is 10.4. The molecule has 0 unspecified atom stereocenters. The second-order valence-corrected chi connectivity index (χ2v) is 7.14. The number of nitro groups is 1. The van der Waals surface area contributed by atoms with E-state index in [1.54, 1.807) is 24.3 Å². The zero-order valence-electron chi connectivity index (χ0n) is 15.4. The van der Waals surface area contributed by atoms with Gasteiger partial charge in [0.15, 0.2) is 5.12 Å². The zero-order chi connectivity index (χ0) is 20.6. The molecule has 3 aromatic rings. The molecule has 3 aromatic carbocycles. The molecule has 0 N–H and O–H groups in total. The Labute approximate surface area is 171 Å². The van der Waals surface area contributed by atoms with Crippen LogP contribution in [0.4, 0.5) is 17.1 Å². The van der Waals surface area contributed by atoms with Crippen molar-refractivity contribution in [3.05, 3.63) is 94.0 Å². The number of rotatable bonds is 4. The predicted octanol–water partition coefficient (Wildman–Crippen LogP) is 6.05. The van der Waals surface area contributed by atoms with Crippen LogP contribution in [0.5, 0.6) is 0 Å². The van der Waals surface area contributed by atoms with Crippen LogP contribution in [0.15, 0.2) is 87.9 Å². The van der Waals surface area contributed by atoms with Crippen molar-refractivity contribution in [2.75, 3.05) is 0 Å². The highest BCUT2D eigenvalue weighted by Crippen LogP contribution is 2.21. The smallest absolute Gasteiger partial charge is 0.269 e. The molecule has 0 radical (unpaired) electrons. The molecule has 142 valence electrons. The summed E-state index contributed by atoms with van der Waals surface area (Å²) in [6, 6.07) is 20.6. The van der Waals surface area contributed by atoms with Crippen LogP contribution in [0.2, 0.25) is 0 Å². The number of nitrogens with zero attached hydrogens (tertiary/aromatic N) is 3. The van der Waals surface area contributed by atoms with Crippen LogP contribution in [-0.4, -0.2) is 10.0 Å². The fraction of sp³-hybridized carbons (Fsp3) is 0.0455. The lowest BCUT2D eigenvalue weighted by Gasteiger charge is -1.97. The number of hydrogen-bond acceptors (Lipinski definition) is 6. The maximum absolute atomic E-state index is 11.1. The van der Waals surface area contributed by atoms with Gasteiger partial charge in [0.2, 0.25) is 0 Å². The summed E-state index contributed by atoms with van der Waals surface area (Å²) in [6.07, 6.45) is 0. The average molecular weight is 401 g/mol. The van der Waals surface area contributed by atoms with E-state index in [-0.39, 0.29) is 10.8 Å². The molecule has 0 saturated heterocycles. The van der Waals surface area contributed by atoms with Gasteiger partial charge in [-0.15, -0.1) is 0 Å². The number of carbonyl (C=O) groups is 1. The summed E-state index contributed by atoms with van der Waals surface area (Å²) >= 11 is 1.19. The molecule has 0 fully saturated rings. The molecular weight excluding hydrogens is 386 g/mol. The second kappa shape index (κ2) is 9.44. The first-order valence-corrected chi connectivity index (χ1v) is 9.38. The maximum atomic E-state index is 11.1. The molecule has 3 rings (SSSR count). The van der Waals surface area contributed by atoms with Gasteiger partial charge in [0.05, 0.1) is 16.3 Å². The number of non-ortho nitro benzene ring substituents is 1. The van der Waals surface area contributed by atoms with Crippen LogP contribution in [-0.2, 0) is 4.79 Å². The highest BCUT2D eigenvalue weighted by molar-refractivity contribution is 8.13. The molecule has 0 aliphatic carbocycles. The molecule has 0 saturated carbocycles. The fourth-order valence-electron chi connectivity index (χ4n) is 2.28. The first kappa shape index (κ1) is 20.0. The number of benzene rings is 3. The van der Waals surface area contributed by atoms with Crippen LogP contribution < -0.4 is 0 Å². The molecule has 0 atom stereocenters. The fourth-order valence-corrected chi connectivity index (χ4v) is 2.89. The highest BCUT2D eigenvalue weighted by Gasteiger charge is 2.03. The third-order valence-electron chi connectivity index (χ3n) is 3.68. The van der Waals surface area contributed by atoms with Crippen LogP contribution in [0.3, 0.4) is 0 Å². The summed E-state index contributed by atoms with van der Waals surface area (Å²) in [4.78, 5) is 22.2. The van der Waals surface area contributed by atoms with Crippen molar-refractivity contribution in [1.82, 2.24) is 0 Å². The third-order valence-corrected chi connectivity index (χ3v) is 4.47. The Kier molecular flexibility index (Phi) is 6.51. The number of nitro benzene ring substituents is 1. The van der Waals surface area contributed by atoms with Crippen LogP contribution >= 0.6 is 11.8 Å². The van der Waals surface area contributed by atoms with Gasteiger partial charge < -0.3 is 0 Å². The zero-order valence-corrected chi connectivity index (χ0v) is 16.2. The van der Waals surface area contributed by atoms with Crippen molar-refractivity contribution >= 4 is 33.9 Å². The summed E-state index contributed by atoms with van der Waals surface area (Å²) in [5.74, 6) is 6.16. The Morgan fingerprint density at radius 1 is 0.828 bits per heavy atom. The number of azo groups is 1. The van der Waals surface area contributed by atoms with Crippen LogP contribution in [0, 0.1) is 22.0 Å². The number of hydrogen-bond donors (Lipinski definition) is 0. The highest BCUT2D eigenvalue weighted by atomic mass is 32.2. The summed E-state index contributed by atoms with van der Waals surface area (Å²) < 4.78 is 0. The van der Waals surface area contributed by atoms with E-state index in [9.17, 15) is 14.9 Å². The Morgan fingerprint density at radius 3 is 1.72 bits per heavy atom. The third kappa shape index (κ3) is 6.13. The number of thioether (sulfide) groups is 1. The summed E-state index contributed by atoms with van der Waals surface area (Å²) in [7, 11) is 0. The first-order valence-electron chi connectivity index (χ1n) is 8.56. The van der Waals surface area contributed by atoms with Crippen molar-refractivity contribution in [2.24, 2.45) is 10.2 Å². The average Bonchev–Trinajstić information content (AvgIpc) is 2.72. The van der Waals surface area contributed by atoms with Crippen molar-refractivity contribution in [1.29, 1.82) is 0 Å². The van der Waals surface area contributed by atoms with E-state index in [4.69, 9.17) is 0 Å². The van der Waals surface area contributed by atoms with Crippen molar-refractivity contribution in [3.63, 3.8) is 0 Å². The van der Waals surface area contributed by atoms with Gasteiger partial charge in [0.1, 0.15) is 0 Å². The van der Waals surface area contributed by atoms with Crippen molar-refractivity contribution in [2.45, 2.75) is 11.8 Å². The summed E-state index contributed by atoms with van der Waals surface area (Å²) in [6.45, 7) is 1.54. The standard InChI is InChI=1S/C22H15N3O3S/c1-16(26)29-22-14-6-18(7-15-22)3-2-17-4-8-19(9-5-17)23-24-20-10-12-21(13-11-20)25(27)28/h4-15H,1H3. The van der Waals surface area contributed by atoms with E-state index in [2.05, 4.69) is 22.1 Å². The van der Waals surface area contributed by atoms with Crippen LogP contribution in [0.1, 0.15) is 18.1 Å². The van der Waals surface area contributed by atoms with Gasteiger partial charge in [-0.25, -0.2) is 0 Å². The Hall–Kier alpha value is -3.76. The maximum Gasteiger partial charge on any atom is 0.269 e. The molecule has 29 heavy (non-hydrogen) atoms. The molecule has 7 heteroatoms. The van der Waals surface area contributed by atoms with Gasteiger partial charge in [-0.2, -0.15) is 10.2 Å². The Bertz CT molecular complexity index is 1110. The quantitative estimate of drug-likeness (QED) is 0.175. The lowest BCUT2D eigenvalue weighted by Crippen LogP contribution is -1.85. The molecule has 0 aliphatic rings. The van der Waals surface area contributed by atoms with Gasteiger partial charge in [-0.05, 0) is 60.7 Å². The lowest BCUT2D eigenvalue weighted by atomic mass is 10.2. The monoisotopic (exact) mass is 401 g/mol. The van der Waals surface area contributed by atoms with Gasteiger partial charge in [0, 0.05) is 35.1 Å². The van der Waals surface area contributed by atoms with Crippen LogP contribution in [0.25, 0.3) is 0 Å². The first-order chi connectivity index (χ1) is 14.0. The molecule has 0 amide bonds. The minimum Gasteiger partial charge on any atom is -0.287 e. The Morgan fingerprint density at radius 2 is 1.28 bits per heavy atom. The molecule has 0 heterocycles. The predicted molar refractivity (Wildman–Crippen MR) is 113 cm³/mol. The molecule has 0 spiro atoms. The van der Waals surface area contributed by atoms with E-state index in [0.29, 0.717) is 11.4 Å². The topological polar surface area (TPSA) is 84.9 Å². The van der Waals surface area contributed by atoms with Gasteiger partial charge in [-0.1, -0.05) is 23.6 Å². The molecule has 0 aliphatic heterocycles. The van der Waals surface area contributed by atoms with Crippen molar-refractivity contribution in [3.8, 4) is 11.8 Å². The SMILES string of the molecule is CC(=O)Sc1ccc(C#Cc2ccc(N=Nc3ccc([N+](=O)[O-])cc3)cc2)cc1. The Balaban J connectivity index is 1.64. The van der Waals surface area contributed by atoms with Gasteiger partial charge in [-0.3, -0.25) is 14.9 Å². The van der Waals surface area contributed by atoms with E-state index in [1.807, 2.05) is 36.4 Å². The molecule has 0 bridgehead atoms. The molecule has 6 nitrogen and oxygen atoms in total.